The van der Waals surface area contributed by atoms with Crippen molar-refractivity contribution in [1.29, 1.82) is 0 Å². The van der Waals surface area contributed by atoms with Gasteiger partial charge in [-0.25, -0.2) is 19.7 Å². The van der Waals surface area contributed by atoms with Crippen molar-refractivity contribution >= 4 is 17.0 Å². The smallest absolute Gasteiger partial charge is 0.382 e. The Morgan fingerprint density at radius 1 is 1.10 bits per heavy atom. The third-order valence-electron chi connectivity index (χ3n) is 9.52. The van der Waals surface area contributed by atoms with Gasteiger partial charge in [-0.15, -0.1) is 0 Å². The van der Waals surface area contributed by atoms with Crippen LogP contribution >= 0.6 is 0 Å². The maximum absolute atomic E-state index is 12.1. The number of fused-ring (bicyclic) bond motifs is 1. The second kappa shape index (κ2) is 10.6. The molecule has 0 bridgehead atoms. The number of H-pyrrole nitrogens is 1. The lowest BCUT2D eigenvalue weighted by Gasteiger charge is -2.36. The van der Waals surface area contributed by atoms with Crippen molar-refractivity contribution in [2.24, 2.45) is 23.7 Å². The highest BCUT2D eigenvalue weighted by Crippen LogP contribution is 2.40. The molecule has 39 heavy (non-hydrogen) atoms. The molecule has 11 heteroatoms. The van der Waals surface area contributed by atoms with Gasteiger partial charge in [0.05, 0.1) is 0 Å². The first-order chi connectivity index (χ1) is 18.8. The number of aromatic amines is 1. The fourth-order valence-electron chi connectivity index (χ4n) is 6.62. The predicted molar refractivity (Wildman–Crippen MR) is 146 cm³/mol. The van der Waals surface area contributed by atoms with Crippen molar-refractivity contribution < 1.29 is 14.4 Å². The molecule has 1 saturated heterocycles. The number of aliphatic hydroxyl groups is 1. The third-order valence-corrected chi connectivity index (χ3v) is 9.52. The predicted octanol–water partition coefficient (Wildman–Crippen LogP) is 4.23. The molecule has 0 amide bonds. The first kappa shape index (κ1) is 26.4. The van der Waals surface area contributed by atoms with E-state index < -0.39 is 11.4 Å². The fraction of sp³-hybridized carbons (Fsp3) is 0.750. The van der Waals surface area contributed by atoms with Gasteiger partial charge in [0.15, 0.2) is 11.5 Å². The molecule has 3 aromatic rings. The van der Waals surface area contributed by atoms with Crippen molar-refractivity contribution in [1.82, 2.24) is 29.7 Å². The summed E-state index contributed by atoms with van der Waals surface area (Å²) in [6, 6.07) is 0.208. The molecule has 3 N–H and O–H groups in total. The molecule has 0 radical (unpaired) electrons. The minimum Gasteiger partial charge on any atom is -0.382 e. The van der Waals surface area contributed by atoms with Crippen LogP contribution in [0.4, 0.5) is 5.82 Å². The quantitative estimate of drug-likeness (QED) is 0.383. The molecular weight excluding hydrogens is 498 g/mol. The zero-order chi connectivity index (χ0) is 27.1. The molecule has 212 valence electrons. The van der Waals surface area contributed by atoms with E-state index in [0.717, 1.165) is 43.7 Å². The van der Waals surface area contributed by atoms with E-state index in [0.29, 0.717) is 42.3 Å². The molecule has 0 aromatic carbocycles. The summed E-state index contributed by atoms with van der Waals surface area (Å²) in [7, 11) is 0. The number of hydrogen-bond acceptors (Lipinski definition) is 9. The molecular formula is C28H41N7O4. The Kier molecular flexibility index (Phi) is 7.22. The van der Waals surface area contributed by atoms with E-state index in [1.54, 1.807) is 0 Å². The van der Waals surface area contributed by atoms with Gasteiger partial charge in [0.2, 0.25) is 11.6 Å². The van der Waals surface area contributed by atoms with E-state index in [2.05, 4.69) is 33.9 Å². The zero-order valence-corrected chi connectivity index (χ0v) is 23.3. The van der Waals surface area contributed by atoms with Crippen LogP contribution in [0.15, 0.2) is 9.32 Å². The summed E-state index contributed by atoms with van der Waals surface area (Å²) in [6.07, 6.45) is 9.91. The molecule has 11 nitrogen and oxygen atoms in total. The number of ether oxygens (including phenoxy) is 1. The van der Waals surface area contributed by atoms with Crippen molar-refractivity contribution in [2.45, 2.75) is 96.7 Å². The molecule has 0 spiro atoms. The van der Waals surface area contributed by atoms with E-state index in [1.165, 1.54) is 32.1 Å². The summed E-state index contributed by atoms with van der Waals surface area (Å²) in [5, 5.41) is 19.6. The highest BCUT2D eigenvalue weighted by Gasteiger charge is 2.41. The minimum atomic E-state index is -1.16. The van der Waals surface area contributed by atoms with Gasteiger partial charge in [0.1, 0.15) is 16.9 Å². The number of nitrogens with one attached hydrogen (secondary N) is 2. The second-order valence-corrected chi connectivity index (χ2v) is 12.3. The van der Waals surface area contributed by atoms with Gasteiger partial charge in [-0.3, -0.25) is 9.51 Å². The molecule has 2 saturated carbocycles. The topological polar surface area (TPSA) is 144 Å². The third kappa shape index (κ3) is 5.23. The monoisotopic (exact) mass is 539 g/mol. The van der Waals surface area contributed by atoms with Crippen LogP contribution in [0.25, 0.3) is 22.8 Å². The van der Waals surface area contributed by atoms with Gasteiger partial charge in [-0.05, 0) is 76.0 Å². The average molecular weight is 540 g/mol. The molecule has 3 aromatic heterocycles. The molecule has 3 aliphatic rings. The number of aromatic nitrogens is 6. The van der Waals surface area contributed by atoms with Crippen LogP contribution in [0.3, 0.4) is 0 Å². The summed E-state index contributed by atoms with van der Waals surface area (Å²) >= 11 is 0. The Labute approximate surface area is 228 Å². The van der Waals surface area contributed by atoms with Crippen molar-refractivity contribution in [2.75, 3.05) is 18.5 Å². The first-order valence-corrected chi connectivity index (χ1v) is 14.7. The van der Waals surface area contributed by atoms with Gasteiger partial charge < -0.3 is 19.7 Å². The number of nitrogens with zero attached hydrogens (tertiary/aromatic N) is 5. The lowest BCUT2D eigenvalue weighted by Crippen LogP contribution is -2.39. The van der Waals surface area contributed by atoms with E-state index in [1.807, 2.05) is 6.92 Å². The summed E-state index contributed by atoms with van der Waals surface area (Å²) in [6.45, 7) is 8.44. The van der Waals surface area contributed by atoms with Crippen LogP contribution < -0.4 is 11.1 Å². The fourth-order valence-corrected chi connectivity index (χ4v) is 6.62. The van der Waals surface area contributed by atoms with Crippen molar-refractivity contribution in [3.05, 3.63) is 16.4 Å². The Bertz CT molecular complexity index is 1340. The minimum absolute atomic E-state index is 0.0258. The van der Waals surface area contributed by atoms with Gasteiger partial charge in [0, 0.05) is 25.8 Å². The first-order valence-electron chi connectivity index (χ1n) is 14.7. The summed E-state index contributed by atoms with van der Waals surface area (Å²) in [5.41, 5.74) is 0.126. The van der Waals surface area contributed by atoms with Gasteiger partial charge in [-0.2, -0.15) is 0 Å². The van der Waals surface area contributed by atoms with Crippen molar-refractivity contribution in [3.8, 4) is 11.6 Å². The molecule has 2 atom stereocenters. The van der Waals surface area contributed by atoms with Crippen LogP contribution in [0.5, 0.6) is 0 Å². The van der Waals surface area contributed by atoms with Crippen molar-refractivity contribution in [3.63, 3.8) is 0 Å². The maximum atomic E-state index is 12.1. The molecule has 1 unspecified atom stereocenters. The van der Waals surface area contributed by atoms with Gasteiger partial charge >= 0.3 is 5.76 Å². The SMILES string of the molecule is CC1CCC(Cn2c(C(C)(O)C3CCOCC3)nc3nc(-c4noc(=O)[nH]4)nc(N[C@H](C)C4CCC4)c32)CC1. The van der Waals surface area contributed by atoms with Crippen LogP contribution in [0.1, 0.15) is 84.4 Å². The van der Waals surface area contributed by atoms with Crippen LogP contribution in [0.2, 0.25) is 0 Å². The standard InChI is InChI=1S/C28H41N7O4/c1-16-7-9-18(10-8-16)15-35-21-22(29-17(2)19-5-4-6-19)30-24(25-33-27(36)39-34-25)31-23(21)32-26(35)28(3,37)20-11-13-38-14-12-20/h16-20,37H,4-15H2,1-3H3,(H,29,30,31)(H,33,34,36)/t16?,17-,18?,28?/m1/s1. The van der Waals surface area contributed by atoms with E-state index in [4.69, 9.17) is 24.2 Å². The Morgan fingerprint density at radius 2 is 1.85 bits per heavy atom. The molecule has 4 heterocycles. The Morgan fingerprint density at radius 3 is 2.49 bits per heavy atom. The summed E-state index contributed by atoms with van der Waals surface area (Å²) < 4.78 is 12.5. The zero-order valence-electron chi connectivity index (χ0n) is 23.3. The Balaban J connectivity index is 1.49. The molecule has 6 rings (SSSR count). The van der Waals surface area contributed by atoms with E-state index >= 15 is 0 Å². The van der Waals surface area contributed by atoms with Gasteiger partial charge in [0.25, 0.3) is 0 Å². The Hall–Kier alpha value is -2.79. The highest BCUT2D eigenvalue weighted by atomic mass is 16.5. The number of anilines is 1. The number of imidazole rings is 1. The lowest BCUT2D eigenvalue weighted by molar-refractivity contribution is -0.0654. The van der Waals surface area contributed by atoms with Gasteiger partial charge in [-0.1, -0.05) is 31.3 Å². The normalized spacial score (nSPS) is 25.3. The average Bonchev–Trinajstić information content (AvgIpc) is 3.49. The van der Waals surface area contributed by atoms with Crippen LogP contribution in [0, 0.1) is 23.7 Å². The number of hydrogen-bond donors (Lipinski definition) is 3. The molecule has 3 fully saturated rings. The lowest BCUT2D eigenvalue weighted by atomic mass is 9.80. The largest absolute Gasteiger partial charge is 0.439 e. The van der Waals surface area contributed by atoms with E-state index in [-0.39, 0.29) is 23.6 Å². The summed E-state index contributed by atoms with van der Waals surface area (Å²) in [5.74, 6) is 2.87. The molecule has 2 aliphatic carbocycles. The summed E-state index contributed by atoms with van der Waals surface area (Å²) in [4.78, 5) is 28.9. The van der Waals surface area contributed by atoms with Crippen LogP contribution in [-0.4, -0.2) is 54.0 Å². The number of rotatable bonds is 8. The molecule has 1 aliphatic heterocycles. The highest BCUT2D eigenvalue weighted by molar-refractivity contribution is 5.86. The second-order valence-electron chi connectivity index (χ2n) is 12.3. The maximum Gasteiger partial charge on any atom is 0.439 e. The van der Waals surface area contributed by atoms with Crippen LogP contribution in [-0.2, 0) is 16.9 Å². The van der Waals surface area contributed by atoms with E-state index in [9.17, 15) is 9.90 Å².